The first-order chi connectivity index (χ1) is 10.2. The Labute approximate surface area is 123 Å². The zero-order valence-corrected chi connectivity index (χ0v) is 12.3. The van der Waals surface area contributed by atoms with E-state index >= 15 is 0 Å². The average molecular weight is 285 g/mol. The summed E-state index contributed by atoms with van der Waals surface area (Å²) in [5.74, 6) is 0.805. The second-order valence-corrected chi connectivity index (χ2v) is 5.56. The molecule has 1 fully saturated rings. The number of rotatable bonds is 5. The summed E-state index contributed by atoms with van der Waals surface area (Å²) in [4.78, 5) is 12.0. The van der Waals surface area contributed by atoms with Crippen LogP contribution in [0, 0.1) is 5.92 Å². The van der Waals surface area contributed by atoms with E-state index < -0.39 is 0 Å². The van der Waals surface area contributed by atoms with Crippen LogP contribution in [0.2, 0.25) is 0 Å². The van der Waals surface area contributed by atoms with Gasteiger partial charge in [-0.3, -0.25) is 4.79 Å². The van der Waals surface area contributed by atoms with Gasteiger partial charge in [-0.05, 0) is 41.8 Å². The molecule has 6 nitrogen and oxygen atoms in total. The second-order valence-electron chi connectivity index (χ2n) is 5.56. The quantitative estimate of drug-likeness (QED) is 0.916. The first-order valence-corrected chi connectivity index (χ1v) is 7.38. The second kappa shape index (κ2) is 5.63. The Hall–Kier alpha value is -2.24. The average Bonchev–Trinajstić information content (AvgIpc) is 3.23. The van der Waals surface area contributed by atoms with Gasteiger partial charge >= 0.3 is 0 Å². The van der Waals surface area contributed by atoms with Gasteiger partial charge in [-0.15, -0.1) is 5.10 Å². The molecular weight excluding hydrogens is 266 g/mol. The van der Waals surface area contributed by atoms with E-state index in [4.69, 9.17) is 0 Å². The van der Waals surface area contributed by atoms with Gasteiger partial charge in [0.25, 0.3) is 0 Å². The van der Waals surface area contributed by atoms with Gasteiger partial charge in [0.2, 0.25) is 5.91 Å². The van der Waals surface area contributed by atoms with Crippen molar-refractivity contribution >= 4 is 11.6 Å². The van der Waals surface area contributed by atoms with Gasteiger partial charge in [-0.25, -0.2) is 4.68 Å². The lowest BCUT2D eigenvalue weighted by atomic mass is 10.1. The number of carbonyl (C=O) groups is 1. The molecule has 0 bridgehead atoms. The molecule has 1 atom stereocenters. The minimum absolute atomic E-state index is 0.00504. The fourth-order valence-electron chi connectivity index (χ4n) is 2.14. The van der Waals surface area contributed by atoms with Gasteiger partial charge in [0, 0.05) is 17.2 Å². The molecule has 1 aliphatic rings. The number of nitrogens with zero attached hydrogens (tertiary/aromatic N) is 4. The topological polar surface area (TPSA) is 72.7 Å². The van der Waals surface area contributed by atoms with E-state index in [1.165, 1.54) is 0 Å². The summed E-state index contributed by atoms with van der Waals surface area (Å²) in [6.07, 6.45) is 3.08. The standard InChI is InChI=1S/C15H19N5O/c1-3-10(2)15(21)16-12-6-4-5-11(9-12)14-17-18-19-20(14)13-7-8-13/h4-6,9-10,13H,3,7-8H2,1-2H3,(H,16,21)/t10-/m0/s1. The maximum absolute atomic E-state index is 12.0. The van der Waals surface area contributed by atoms with Gasteiger partial charge in [0.05, 0.1) is 6.04 Å². The van der Waals surface area contributed by atoms with Crippen LogP contribution in [0.15, 0.2) is 24.3 Å². The summed E-state index contributed by atoms with van der Waals surface area (Å²) >= 11 is 0. The lowest BCUT2D eigenvalue weighted by Gasteiger charge is -2.11. The molecular formula is C15H19N5O. The number of aromatic nitrogens is 4. The number of amides is 1. The van der Waals surface area contributed by atoms with Crippen molar-refractivity contribution in [3.8, 4) is 11.4 Å². The number of hydrogen-bond donors (Lipinski definition) is 1. The van der Waals surface area contributed by atoms with Crippen LogP contribution in [0.4, 0.5) is 5.69 Å². The number of carbonyl (C=O) groups excluding carboxylic acids is 1. The molecule has 3 rings (SSSR count). The summed E-state index contributed by atoms with van der Waals surface area (Å²) in [5, 5.41) is 14.9. The molecule has 0 radical (unpaired) electrons. The zero-order valence-electron chi connectivity index (χ0n) is 12.3. The minimum atomic E-state index is 0.00504. The molecule has 1 aromatic heterocycles. The molecule has 1 aromatic carbocycles. The van der Waals surface area contributed by atoms with Crippen LogP contribution >= 0.6 is 0 Å². The minimum Gasteiger partial charge on any atom is -0.326 e. The summed E-state index contributed by atoms with van der Waals surface area (Å²) < 4.78 is 1.87. The van der Waals surface area contributed by atoms with Crippen molar-refractivity contribution in [1.29, 1.82) is 0 Å². The fourth-order valence-corrected chi connectivity index (χ4v) is 2.14. The first-order valence-electron chi connectivity index (χ1n) is 7.38. The van der Waals surface area contributed by atoms with Crippen LogP contribution in [-0.2, 0) is 4.79 Å². The van der Waals surface area contributed by atoms with Crippen LogP contribution in [0.5, 0.6) is 0 Å². The highest BCUT2D eigenvalue weighted by atomic mass is 16.1. The maximum Gasteiger partial charge on any atom is 0.227 e. The molecule has 0 unspecified atom stereocenters. The van der Waals surface area contributed by atoms with Crippen LogP contribution in [0.1, 0.15) is 39.2 Å². The molecule has 0 spiro atoms. The van der Waals surface area contributed by atoms with E-state index in [0.29, 0.717) is 6.04 Å². The van der Waals surface area contributed by atoms with Gasteiger partial charge in [0.1, 0.15) is 0 Å². The first kappa shape index (κ1) is 13.7. The number of benzene rings is 1. The van der Waals surface area contributed by atoms with Crippen LogP contribution in [0.3, 0.4) is 0 Å². The molecule has 2 aromatic rings. The third-order valence-corrected chi connectivity index (χ3v) is 3.83. The lowest BCUT2D eigenvalue weighted by Crippen LogP contribution is -2.19. The Morgan fingerprint density at radius 1 is 1.48 bits per heavy atom. The molecule has 1 N–H and O–H groups in total. The number of hydrogen-bond acceptors (Lipinski definition) is 4. The Morgan fingerprint density at radius 2 is 2.29 bits per heavy atom. The van der Waals surface area contributed by atoms with Gasteiger partial charge in [0.15, 0.2) is 5.82 Å². The van der Waals surface area contributed by atoms with Gasteiger partial charge in [-0.2, -0.15) is 0 Å². The molecule has 0 aliphatic heterocycles. The Kier molecular flexibility index (Phi) is 3.68. The van der Waals surface area contributed by atoms with Crippen LogP contribution in [-0.4, -0.2) is 26.1 Å². The molecule has 0 saturated heterocycles. The SMILES string of the molecule is CC[C@H](C)C(=O)Nc1cccc(-c2nnnn2C2CC2)c1. The van der Waals surface area contributed by atoms with Crippen LogP contribution < -0.4 is 5.32 Å². The highest BCUT2D eigenvalue weighted by Crippen LogP contribution is 2.36. The smallest absolute Gasteiger partial charge is 0.227 e. The van der Waals surface area contributed by atoms with Crippen molar-refractivity contribution in [3.05, 3.63) is 24.3 Å². The van der Waals surface area contributed by atoms with E-state index in [2.05, 4.69) is 20.8 Å². The molecule has 1 amide bonds. The van der Waals surface area contributed by atoms with Crippen LogP contribution in [0.25, 0.3) is 11.4 Å². The van der Waals surface area contributed by atoms with Crippen molar-refractivity contribution in [3.63, 3.8) is 0 Å². The van der Waals surface area contributed by atoms with Crippen molar-refractivity contribution < 1.29 is 4.79 Å². The largest absolute Gasteiger partial charge is 0.326 e. The Bertz CT molecular complexity index is 647. The predicted octanol–water partition coefficient (Wildman–Crippen LogP) is 2.66. The predicted molar refractivity (Wildman–Crippen MR) is 79.6 cm³/mol. The van der Waals surface area contributed by atoms with E-state index in [1.807, 2.05) is 42.8 Å². The third-order valence-electron chi connectivity index (χ3n) is 3.83. The maximum atomic E-state index is 12.0. The van der Waals surface area contributed by atoms with E-state index in [-0.39, 0.29) is 11.8 Å². The summed E-state index contributed by atoms with van der Waals surface area (Å²) in [5.41, 5.74) is 1.71. The normalized spacial score (nSPS) is 15.7. The highest BCUT2D eigenvalue weighted by molar-refractivity contribution is 5.92. The molecule has 1 heterocycles. The highest BCUT2D eigenvalue weighted by Gasteiger charge is 2.28. The van der Waals surface area contributed by atoms with Crippen molar-refractivity contribution in [2.24, 2.45) is 5.92 Å². The van der Waals surface area contributed by atoms with Gasteiger partial charge in [-0.1, -0.05) is 26.0 Å². The molecule has 6 heteroatoms. The summed E-state index contributed by atoms with van der Waals surface area (Å²) in [6, 6.07) is 8.10. The lowest BCUT2D eigenvalue weighted by molar-refractivity contribution is -0.119. The van der Waals surface area contributed by atoms with Crippen molar-refractivity contribution in [1.82, 2.24) is 20.2 Å². The monoisotopic (exact) mass is 285 g/mol. The fraction of sp³-hybridized carbons (Fsp3) is 0.467. The van der Waals surface area contributed by atoms with Gasteiger partial charge < -0.3 is 5.32 Å². The Balaban J connectivity index is 1.83. The molecule has 1 saturated carbocycles. The number of nitrogens with one attached hydrogen (secondary N) is 1. The Morgan fingerprint density at radius 3 is 3.00 bits per heavy atom. The number of anilines is 1. The molecule has 21 heavy (non-hydrogen) atoms. The number of tetrazole rings is 1. The summed E-state index contributed by atoms with van der Waals surface area (Å²) in [6.45, 7) is 3.93. The summed E-state index contributed by atoms with van der Waals surface area (Å²) in [7, 11) is 0. The third kappa shape index (κ3) is 2.94. The van der Waals surface area contributed by atoms with Crippen molar-refractivity contribution in [2.45, 2.75) is 39.2 Å². The molecule has 1 aliphatic carbocycles. The van der Waals surface area contributed by atoms with E-state index in [0.717, 1.165) is 36.3 Å². The van der Waals surface area contributed by atoms with Crippen molar-refractivity contribution in [2.75, 3.05) is 5.32 Å². The van der Waals surface area contributed by atoms with E-state index in [9.17, 15) is 4.79 Å². The molecule has 110 valence electrons. The van der Waals surface area contributed by atoms with E-state index in [1.54, 1.807) is 0 Å². The zero-order chi connectivity index (χ0) is 14.8.